The summed E-state index contributed by atoms with van der Waals surface area (Å²) in [7, 11) is -2.68. The maximum Gasteiger partial charge on any atom is 0.264 e. The Balaban J connectivity index is 1.83. The van der Waals surface area contributed by atoms with Crippen LogP contribution in [0, 0.1) is 13.8 Å². The molecule has 0 heterocycles. The van der Waals surface area contributed by atoms with E-state index in [9.17, 15) is 18.0 Å². The van der Waals surface area contributed by atoms with Gasteiger partial charge < -0.3 is 15.0 Å². The summed E-state index contributed by atoms with van der Waals surface area (Å²) in [5.41, 5.74) is 3.47. The molecule has 0 saturated heterocycles. The molecule has 4 aromatic carbocycles. The fraction of sp³-hybridized carbons (Fsp3) is 0.297. The van der Waals surface area contributed by atoms with Gasteiger partial charge in [0.05, 0.1) is 17.7 Å². The van der Waals surface area contributed by atoms with Crippen molar-refractivity contribution in [1.29, 1.82) is 0 Å². The van der Waals surface area contributed by atoms with Crippen LogP contribution in [0.5, 0.6) is 5.75 Å². The minimum absolute atomic E-state index is 0.0299. The van der Waals surface area contributed by atoms with Gasteiger partial charge >= 0.3 is 0 Å². The van der Waals surface area contributed by atoms with Crippen LogP contribution in [-0.4, -0.2) is 50.9 Å². The van der Waals surface area contributed by atoms with Gasteiger partial charge in [-0.05, 0) is 80.3 Å². The van der Waals surface area contributed by atoms with E-state index in [1.165, 1.54) is 17.0 Å². The molecule has 0 radical (unpaired) electrons. The van der Waals surface area contributed by atoms with Crippen molar-refractivity contribution in [3.05, 3.63) is 124 Å². The molecule has 1 N–H and O–H groups in total. The van der Waals surface area contributed by atoms with E-state index in [2.05, 4.69) is 5.32 Å². The molecule has 0 aromatic heterocycles. The Morgan fingerprint density at radius 2 is 1.57 bits per heavy atom. The Morgan fingerprint density at radius 1 is 0.894 bits per heavy atom. The first kappa shape index (κ1) is 35.5. The lowest BCUT2D eigenvalue weighted by atomic mass is 10.0. The molecule has 10 heteroatoms. The van der Waals surface area contributed by atoms with E-state index in [1.807, 2.05) is 70.2 Å². The molecule has 0 aliphatic carbocycles. The number of hydrogen-bond donors (Lipinski definition) is 1. The molecule has 0 aliphatic heterocycles. The second-order valence-electron chi connectivity index (χ2n) is 11.7. The number of methoxy groups -OCH3 is 1. The molecule has 248 valence electrons. The van der Waals surface area contributed by atoms with Gasteiger partial charge in [0.15, 0.2) is 0 Å². The van der Waals surface area contributed by atoms with Gasteiger partial charge in [-0.15, -0.1) is 0 Å². The summed E-state index contributed by atoms with van der Waals surface area (Å²) in [6.07, 6.45) is 0.921. The monoisotopic (exact) mass is 675 g/mol. The normalized spacial score (nSPS) is 12.6. The molecule has 0 fully saturated rings. The van der Waals surface area contributed by atoms with Gasteiger partial charge in [0.1, 0.15) is 18.3 Å². The SMILES string of the molecule is CC[C@@H](C)NC(=O)[C@H](Cc1ccccc1)N(Cc1cccc(OC)c1)C(=O)CN(c1ccc(C)c(Cl)c1)S(=O)(=O)c1ccc(C)cc1. The van der Waals surface area contributed by atoms with Crippen molar-refractivity contribution < 1.29 is 22.7 Å². The predicted molar refractivity (Wildman–Crippen MR) is 187 cm³/mol. The number of benzene rings is 4. The standard InChI is InChI=1S/C37H42ClN3O5S/c1-6-28(4)39-37(43)35(22-29-11-8-7-9-12-29)40(24-30-13-10-14-32(21-30)46-5)36(42)25-41(31-18-17-27(3)34(38)23-31)47(44,45)33-19-15-26(2)16-20-33/h7-21,23,28,35H,6,22,24-25H2,1-5H3,(H,39,43)/t28-,35+/m1/s1. The number of amides is 2. The number of aryl methyl sites for hydroxylation is 2. The highest BCUT2D eigenvalue weighted by Gasteiger charge is 2.35. The summed E-state index contributed by atoms with van der Waals surface area (Å²) in [4.78, 5) is 30.1. The van der Waals surface area contributed by atoms with Crippen LogP contribution >= 0.6 is 11.6 Å². The summed E-state index contributed by atoms with van der Waals surface area (Å²) in [6.45, 7) is 7.02. The molecule has 0 saturated carbocycles. The first-order valence-electron chi connectivity index (χ1n) is 15.5. The van der Waals surface area contributed by atoms with Gasteiger partial charge in [-0.2, -0.15) is 0 Å². The number of carbonyl (C=O) groups is 2. The van der Waals surface area contributed by atoms with Crippen LogP contribution in [0.2, 0.25) is 5.02 Å². The van der Waals surface area contributed by atoms with Crippen LogP contribution in [0.3, 0.4) is 0 Å². The quantitative estimate of drug-likeness (QED) is 0.160. The first-order valence-corrected chi connectivity index (χ1v) is 17.4. The summed E-state index contributed by atoms with van der Waals surface area (Å²) < 4.78 is 35.0. The number of nitrogens with zero attached hydrogens (tertiary/aromatic N) is 2. The van der Waals surface area contributed by atoms with E-state index in [1.54, 1.807) is 49.6 Å². The Bertz CT molecular complexity index is 1780. The molecular formula is C37H42ClN3O5S. The van der Waals surface area contributed by atoms with Gasteiger partial charge in [0, 0.05) is 24.0 Å². The van der Waals surface area contributed by atoms with E-state index in [-0.39, 0.29) is 35.5 Å². The Labute approximate surface area is 283 Å². The minimum atomic E-state index is -4.23. The topological polar surface area (TPSA) is 96.0 Å². The molecule has 8 nitrogen and oxygen atoms in total. The third-order valence-electron chi connectivity index (χ3n) is 8.09. The Hall–Kier alpha value is -4.34. The second-order valence-corrected chi connectivity index (χ2v) is 13.9. The molecular weight excluding hydrogens is 634 g/mol. The highest BCUT2D eigenvalue weighted by Crippen LogP contribution is 2.29. The molecule has 4 rings (SSSR count). The number of rotatable bonds is 14. The fourth-order valence-corrected chi connectivity index (χ4v) is 6.65. The lowest BCUT2D eigenvalue weighted by molar-refractivity contribution is -0.140. The van der Waals surface area contributed by atoms with E-state index < -0.39 is 28.5 Å². The lowest BCUT2D eigenvalue weighted by Crippen LogP contribution is -2.54. The van der Waals surface area contributed by atoms with Gasteiger partial charge in [-0.3, -0.25) is 13.9 Å². The Kier molecular flexibility index (Phi) is 12.1. The van der Waals surface area contributed by atoms with Crippen molar-refractivity contribution >= 4 is 39.1 Å². The average Bonchev–Trinajstić information content (AvgIpc) is 3.07. The van der Waals surface area contributed by atoms with Crippen molar-refractivity contribution in [3.63, 3.8) is 0 Å². The third kappa shape index (κ3) is 9.14. The first-order chi connectivity index (χ1) is 22.4. The van der Waals surface area contributed by atoms with Crippen LogP contribution < -0.4 is 14.4 Å². The van der Waals surface area contributed by atoms with E-state index >= 15 is 0 Å². The van der Waals surface area contributed by atoms with E-state index in [4.69, 9.17) is 16.3 Å². The molecule has 0 aliphatic rings. The second kappa shape index (κ2) is 16.0. The molecule has 0 bridgehead atoms. The number of carbonyl (C=O) groups excluding carboxylic acids is 2. The van der Waals surface area contributed by atoms with Gasteiger partial charge in [-0.1, -0.05) is 84.8 Å². The van der Waals surface area contributed by atoms with Gasteiger partial charge in [0.2, 0.25) is 11.8 Å². The smallest absolute Gasteiger partial charge is 0.264 e. The van der Waals surface area contributed by atoms with Crippen molar-refractivity contribution in [2.24, 2.45) is 0 Å². The van der Waals surface area contributed by atoms with Crippen molar-refractivity contribution in [2.45, 2.75) is 64.1 Å². The van der Waals surface area contributed by atoms with Crippen LogP contribution in [0.25, 0.3) is 0 Å². The van der Waals surface area contributed by atoms with E-state index in [0.29, 0.717) is 17.2 Å². The number of sulfonamides is 1. The van der Waals surface area contributed by atoms with Crippen molar-refractivity contribution in [1.82, 2.24) is 10.2 Å². The summed E-state index contributed by atoms with van der Waals surface area (Å²) in [6, 6.07) is 26.9. The van der Waals surface area contributed by atoms with Gasteiger partial charge in [0.25, 0.3) is 10.0 Å². The van der Waals surface area contributed by atoms with Crippen molar-refractivity contribution in [2.75, 3.05) is 18.0 Å². The lowest BCUT2D eigenvalue weighted by Gasteiger charge is -2.34. The minimum Gasteiger partial charge on any atom is -0.497 e. The number of anilines is 1. The molecule has 2 amide bonds. The largest absolute Gasteiger partial charge is 0.497 e. The number of ether oxygens (including phenoxy) is 1. The number of nitrogens with one attached hydrogen (secondary N) is 1. The Morgan fingerprint density at radius 3 is 2.21 bits per heavy atom. The molecule has 0 spiro atoms. The summed E-state index contributed by atoms with van der Waals surface area (Å²) in [5.74, 6) is -0.289. The zero-order valence-electron chi connectivity index (χ0n) is 27.4. The number of halogens is 1. The maximum absolute atomic E-state index is 14.6. The van der Waals surface area contributed by atoms with Crippen LogP contribution in [-0.2, 0) is 32.6 Å². The molecule has 4 aromatic rings. The zero-order valence-corrected chi connectivity index (χ0v) is 29.0. The molecule has 2 atom stereocenters. The van der Waals surface area contributed by atoms with Gasteiger partial charge in [-0.25, -0.2) is 8.42 Å². The van der Waals surface area contributed by atoms with Crippen LogP contribution in [0.1, 0.15) is 42.5 Å². The molecule has 47 heavy (non-hydrogen) atoms. The fourth-order valence-electron chi connectivity index (χ4n) is 5.07. The highest BCUT2D eigenvalue weighted by atomic mass is 35.5. The third-order valence-corrected chi connectivity index (χ3v) is 10.3. The summed E-state index contributed by atoms with van der Waals surface area (Å²) in [5, 5.41) is 3.41. The van der Waals surface area contributed by atoms with Crippen molar-refractivity contribution in [3.8, 4) is 5.75 Å². The maximum atomic E-state index is 14.6. The van der Waals surface area contributed by atoms with E-state index in [0.717, 1.165) is 26.6 Å². The average molecular weight is 676 g/mol. The van der Waals surface area contributed by atoms with Crippen LogP contribution in [0.4, 0.5) is 5.69 Å². The zero-order chi connectivity index (χ0) is 34.1. The van der Waals surface area contributed by atoms with Crippen LogP contribution in [0.15, 0.2) is 102 Å². The highest BCUT2D eigenvalue weighted by molar-refractivity contribution is 7.92. The summed E-state index contributed by atoms with van der Waals surface area (Å²) >= 11 is 6.47. The number of hydrogen-bond acceptors (Lipinski definition) is 5. The molecule has 0 unspecified atom stereocenters. The predicted octanol–water partition coefficient (Wildman–Crippen LogP) is 6.72.